The van der Waals surface area contributed by atoms with Crippen LogP contribution in [0.3, 0.4) is 0 Å². The van der Waals surface area contributed by atoms with Gasteiger partial charge in [0.1, 0.15) is 11.7 Å². The zero-order chi connectivity index (χ0) is 29.9. The average Bonchev–Trinajstić information content (AvgIpc) is 3.35. The molecule has 2 heterocycles. The molecule has 41 heavy (non-hydrogen) atoms. The molecule has 5 N–H and O–H groups in total. The number of nitrogen functional groups attached to an aromatic ring is 1. The van der Waals surface area contributed by atoms with Gasteiger partial charge in [0.15, 0.2) is 17.3 Å². The number of ether oxygens (including phenoxy) is 3. The molecule has 1 unspecified atom stereocenters. The van der Waals surface area contributed by atoms with Crippen LogP contribution < -0.4 is 20.9 Å². The molecule has 0 fully saturated rings. The lowest BCUT2D eigenvalue weighted by Gasteiger charge is -2.20. The lowest BCUT2D eigenvalue weighted by molar-refractivity contribution is -0.134. The second-order valence-corrected chi connectivity index (χ2v) is 8.85. The van der Waals surface area contributed by atoms with Crippen molar-refractivity contribution in [3.05, 3.63) is 93.3 Å². The normalized spacial score (nSPS) is 11.2. The first-order chi connectivity index (χ1) is 19.7. The molecule has 4 aromatic rings. The summed E-state index contributed by atoms with van der Waals surface area (Å²) < 4.78 is 17.8. The van der Waals surface area contributed by atoms with E-state index in [1.165, 1.54) is 10.9 Å². The number of carboxylic acid groups (broad SMARTS) is 1. The third-order valence-corrected chi connectivity index (χ3v) is 6.00. The Labute approximate surface area is 236 Å². The van der Waals surface area contributed by atoms with Gasteiger partial charge in [-0.05, 0) is 42.2 Å². The molecule has 0 spiro atoms. The van der Waals surface area contributed by atoms with E-state index in [1.807, 2.05) is 24.3 Å². The Morgan fingerprint density at radius 3 is 2.41 bits per heavy atom. The summed E-state index contributed by atoms with van der Waals surface area (Å²) in [6, 6.07) is 14.7. The fourth-order valence-electron chi connectivity index (χ4n) is 4.15. The highest BCUT2D eigenvalue weighted by Crippen LogP contribution is 2.37. The Hall–Kier alpha value is -5.04. The van der Waals surface area contributed by atoms with Crippen molar-refractivity contribution in [2.24, 2.45) is 5.73 Å². The zero-order valence-corrected chi connectivity index (χ0v) is 23.2. The van der Waals surface area contributed by atoms with Crippen molar-refractivity contribution in [3.63, 3.8) is 0 Å². The zero-order valence-electron chi connectivity index (χ0n) is 23.2. The summed E-state index contributed by atoms with van der Waals surface area (Å²) >= 11 is 0. The number of benzene rings is 2. The molecule has 0 aliphatic heterocycles. The van der Waals surface area contributed by atoms with Gasteiger partial charge in [-0.1, -0.05) is 30.3 Å². The molecule has 0 saturated carbocycles. The maximum atomic E-state index is 12.9. The predicted molar refractivity (Wildman–Crippen MR) is 151 cm³/mol. The molecule has 0 aliphatic rings. The highest BCUT2D eigenvalue weighted by Gasteiger charge is 2.24. The molecular weight excluding hydrogens is 530 g/mol. The second-order valence-electron chi connectivity index (χ2n) is 8.85. The Morgan fingerprint density at radius 2 is 1.85 bits per heavy atom. The lowest BCUT2D eigenvalue weighted by atomic mass is 9.89. The molecule has 0 radical (unpaired) electrons. The summed E-state index contributed by atoms with van der Waals surface area (Å²) in [5.74, 6) is 0.779. The minimum absolute atomic E-state index is 0.00202. The number of aliphatic carboxylic acids is 1. The number of nitrogens with one attached hydrogen (secondary N) is 2. The maximum absolute atomic E-state index is 12.9. The van der Waals surface area contributed by atoms with E-state index in [4.69, 9.17) is 35.3 Å². The smallest absolute Gasteiger partial charge is 0.349 e. The minimum Gasteiger partial charge on any atom is -0.493 e. The second kappa shape index (κ2) is 14.4. The van der Waals surface area contributed by atoms with Crippen LogP contribution in [0.15, 0.2) is 59.5 Å². The monoisotopic (exact) mass is 563 g/mol. The third-order valence-electron chi connectivity index (χ3n) is 6.00. The summed E-state index contributed by atoms with van der Waals surface area (Å²) in [6.07, 6.45) is 2.64. The summed E-state index contributed by atoms with van der Waals surface area (Å²) in [4.78, 5) is 24.8. The van der Waals surface area contributed by atoms with Crippen LogP contribution in [-0.4, -0.2) is 69.8 Å². The fraction of sp³-hybridized carbons (Fsp3) is 0.286. The van der Waals surface area contributed by atoms with Crippen molar-refractivity contribution in [2.45, 2.75) is 25.7 Å². The van der Waals surface area contributed by atoms with Gasteiger partial charge < -0.3 is 25.1 Å². The van der Waals surface area contributed by atoms with Gasteiger partial charge in [-0.3, -0.25) is 15.2 Å². The van der Waals surface area contributed by atoms with Crippen LogP contribution in [0.4, 0.5) is 0 Å². The SMILES string of the molecule is CC(=O)O.COCCc1cc(C(Cc2ccc(C(=N)N)cc2)c2nn(-c3cccnn3)c(=O)[nH]2)cc(OC)c1OC. The van der Waals surface area contributed by atoms with Crippen molar-refractivity contribution < 1.29 is 24.1 Å². The van der Waals surface area contributed by atoms with Crippen LogP contribution in [0.2, 0.25) is 0 Å². The highest BCUT2D eigenvalue weighted by molar-refractivity contribution is 5.94. The Morgan fingerprint density at radius 1 is 1.15 bits per heavy atom. The minimum atomic E-state index is -0.833. The number of hydrogen-bond acceptors (Lipinski definition) is 9. The first-order valence-electron chi connectivity index (χ1n) is 12.5. The summed E-state index contributed by atoms with van der Waals surface area (Å²) in [5, 5.41) is 27.5. The number of carboxylic acids is 1. The maximum Gasteiger partial charge on any atom is 0.349 e. The standard InChI is InChI=1S/C26H29N7O4.C2H4O2/c1-35-12-10-18-14-19(15-21(36-2)23(18)37-3)20(13-16-6-8-17(9-7-16)24(27)28)25-30-26(34)33(32-25)22-5-4-11-29-31-22;1-2(3)4/h4-9,11,14-15,20H,10,12-13H2,1-3H3,(H3,27,28)(H,30,32,34);1H3,(H,3,4). The number of H-pyrrole nitrogens is 1. The topological polar surface area (TPSA) is 191 Å². The van der Waals surface area contributed by atoms with Gasteiger partial charge in [0.25, 0.3) is 5.97 Å². The molecule has 0 aliphatic carbocycles. The summed E-state index contributed by atoms with van der Waals surface area (Å²) in [5.41, 5.74) is 8.58. The number of rotatable bonds is 11. The molecule has 0 saturated heterocycles. The van der Waals surface area contributed by atoms with E-state index in [0.717, 1.165) is 23.6 Å². The van der Waals surface area contributed by atoms with Crippen molar-refractivity contribution >= 4 is 11.8 Å². The van der Waals surface area contributed by atoms with Crippen LogP contribution in [0.1, 0.15) is 40.9 Å². The van der Waals surface area contributed by atoms with Crippen molar-refractivity contribution in [1.82, 2.24) is 25.0 Å². The molecule has 2 aromatic heterocycles. The number of nitrogens with zero attached hydrogens (tertiary/aromatic N) is 4. The largest absolute Gasteiger partial charge is 0.493 e. The van der Waals surface area contributed by atoms with Crippen LogP contribution in [0.25, 0.3) is 5.82 Å². The van der Waals surface area contributed by atoms with Crippen LogP contribution >= 0.6 is 0 Å². The summed E-state index contributed by atoms with van der Waals surface area (Å²) in [6.45, 7) is 1.58. The molecule has 216 valence electrons. The Balaban J connectivity index is 0.00000108. The number of carbonyl (C=O) groups is 1. The molecular formula is C28H33N7O6. The van der Waals surface area contributed by atoms with Gasteiger partial charge in [-0.2, -0.15) is 9.78 Å². The molecule has 13 heteroatoms. The molecule has 2 aromatic carbocycles. The van der Waals surface area contributed by atoms with E-state index in [0.29, 0.717) is 48.2 Å². The summed E-state index contributed by atoms with van der Waals surface area (Å²) in [7, 11) is 4.83. The van der Waals surface area contributed by atoms with Crippen molar-refractivity contribution in [1.29, 1.82) is 5.41 Å². The number of aromatic nitrogens is 5. The quantitative estimate of drug-likeness (QED) is 0.155. The Bertz CT molecular complexity index is 1510. The molecule has 0 amide bonds. The number of amidine groups is 1. The highest BCUT2D eigenvalue weighted by atomic mass is 16.5. The van der Waals surface area contributed by atoms with E-state index in [-0.39, 0.29) is 11.8 Å². The first kappa shape index (κ1) is 30.5. The third kappa shape index (κ3) is 7.99. The van der Waals surface area contributed by atoms with E-state index < -0.39 is 11.7 Å². The first-order valence-corrected chi connectivity index (χ1v) is 12.5. The number of nitrogens with two attached hydrogens (primary N) is 1. The van der Waals surface area contributed by atoms with E-state index in [9.17, 15) is 4.79 Å². The van der Waals surface area contributed by atoms with Gasteiger partial charge in [0.2, 0.25) is 0 Å². The van der Waals surface area contributed by atoms with Gasteiger partial charge in [0.05, 0.1) is 20.8 Å². The number of hydrogen-bond donors (Lipinski definition) is 4. The van der Waals surface area contributed by atoms with Crippen LogP contribution in [0, 0.1) is 5.41 Å². The molecule has 1 atom stereocenters. The van der Waals surface area contributed by atoms with Gasteiger partial charge in [-0.15, -0.1) is 10.2 Å². The van der Waals surface area contributed by atoms with Crippen LogP contribution in [-0.2, 0) is 22.4 Å². The van der Waals surface area contributed by atoms with Gasteiger partial charge >= 0.3 is 5.69 Å². The van der Waals surface area contributed by atoms with E-state index in [1.54, 1.807) is 45.6 Å². The number of aromatic amines is 1. The van der Waals surface area contributed by atoms with E-state index in [2.05, 4.69) is 20.3 Å². The lowest BCUT2D eigenvalue weighted by Crippen LogP contribution is -2.17. The molecule has 0 bridgehead atoms. The van der Waals surface area contributed by atoms with Crippen molar-refractivity contribution in [2.75, 3.05) is 27.9 Å². The molecule has 4 rings (SSSR count). The molecule has 13 nitrogen and oxygen atoms in total. The predicted octanol–water partition coefficient (Wildman–Crippen LogP) is 2.31. The van der Waals surface area contributed by atoms with E-state index >= 15 is 0 Å². The average molecular weight is 564 g/mol. The number of methoxy groups -OCH3 is 3. The fourth-order valence-corrected chi connectivity index (χ4v) is 4.15. The Kier molecular flexibility index (Phi) is 10.7. The van der Waals surface area contributed by atoms with Gasteiger partial charge in [-0.25, -0.2) is 4.79 Å². The van der Waals surface area contributed by atoms with Crippen LogP contribution in [0.5, 0.6) is 11.5 Å². The van der Waals surface area contributed by atoms with Crippen molar-refractivity contribution in [3.8, 4) is 17.3 Å². The van der Waals surface area contributed by atoms with Gasteiger partial charge in [0, 0.05) is 37.3 Å².